The van der Waals surface area contributed by atoms with Gasteiger partial charge in [0.1, 0.15) is 0 Å². The van der Waals surface area contributed by atoms with Gasteiger partial charge in [-0.3, -0.25) is 0 Å². The molecule has 0 fully saturated rings. The lowest BCUT2D eigenvalue weighted by Gasteiger charge is -2.23. The Balaban J connectivity index is 0.00000400. The molecule has 0 aliphatic rings. The molecule has 0 bridgehead atoms. The molecule has 0 saturated heterocycles. The van der Waals surface area contributed by atoms with Crippen LogP contribution in [0.15, 0.2) is 4.90 Å². The smallest absolute Gasteiger partial charge is 0.243 e. The van der Waals surface area contributed by atoms with Gasteiger partial charge in [-0.15, -0.1) is 12.4 Å². The second kappa shape index (κ2) is 7.58. The largest absolute Gasteiger partial charge is 0.318 e. The molecule has 0 unspecified atom stereocenters. The van der Waals surface area contributed by atoms with Crippen LogP contribution >= 0.6 is 12.4 Å². The number of hydrogen-bond donors (Lipinski definition) is 1. The number of hydrogen-bond acceptors (Lipinski definition) is 3. The summed E-state index contributed by atoms with van der Waals surface area (Å²) >= 11 is 0. The standard InChI is InChI=1S/C15H26N2O2S.ClH/c1-10-11(2)13(4)15(14(5)12(10)3)20(18,19)17(7)9-8-16-6;/h16H,8-9H2,1-7H3;1H. The Morgan fingerprint density at radius 1 is 0.905 bits per heavy atom. The van der Waals surface area contributed by atoms with Crippen LogP contribution < -0.4 is 5.32 Å². The number of halogens is 1. The molecule has 1 aromatic carbocycles. The van der Waals surface area contributed by atoms with Crippen LogP contribution in [0.5, 0.6) is 0 Å². The predicted molar refractivity (Wildman–Crippen MR) is 91.1 cm³/mol. The van der Waals surface area contributed by atoms with Gasteiger partial charge in [-0.2, -0.15) is 4.31 Å². The van der Waals surface area contributed by atoms with Crippen molar-refractivity contribution >= 4 is 22.4 Å². The Kier molecular flexibility index (Phi) is 7.36. The van der Waals surface area contributed by atoms with Gasteiger partial charge >= 0.3 is 0 Å². The van der Waals surface area contributed by atoms with E-state index in [1.807, 2.05) is 41.7 Å². The lowest BCUT2D eigenvalue weighted by atomic mass is 9.95. The summed E-state index contributed by atoms with van der Waals surface area (Å²) in [4.78, 5) is 0.469. The van der Waals surface area contributed by atoms with E-state index in [1.54, 1.807) is 7.05 Å². The molecular weight excluding hydrogens is 308 g/mol. The highest BCUT2D eigenvalue weighted by atomic mass is 35.5. The minimum atomic E-state index is -3.44. The van der Waals surface area contributed by atoms with E-state index in [-0.39, 0.29) is 12.4 Å². The number of nitrogens with zero attached hydrogens (tertiary/aromatic N) is 1. The molecule has 4 nitrogen and oxygen atoms in total. The summed E-state index contributed by atoms with van der Waals surface area (Å²) in [6.45, 7) is 10.9. The predicted octanol–water partition coefficient (Wildman–Crippen LogP) is 2.49. The van der Waals surface area contributed by atoms with E-state index < -0.39 is 10.0 Å². The van der Waals surface area contributed by atoms with Crippen molar-refractivity contribution in [1.82, 2.24) is 9.62 Å². The molecule has 0 spiro atoms. The molecule has 1 aromatic rings. The van der Waals surface area contributed by atoms with Crippen LogP contribution in [-0.4, -0.2) is 39.9 Å². The van der Waals surface area contributed by atoms with Crippen molar-refractivity contribution < 1.29 is 8.42 Å². The maximum absolute atomic E-state index is 12.8. The highest BCUT2D eigenvalue weighted by molar-refractivity contribution is 7.89. The first kappa shape index (κ1) is 20.4. The Morgan fingerprint density at radius 3 is 1.67 bits per heavy atom. The summed E-state index contributed by atoms with van der Waals surface area (Å²) < 4.78 is 27.0. The highest BCUT2D eigenvalue weighted by Crippen LogP contribution is 2.30. The van der Waals surface area contributed by atoms with Crippen molar-refractivity contribution in [2.75, 3.05) is 27.2 Å². The topological polar surface area (TPSA) is 49.4 Å². The third-order valence-electron chi connectivity index (χ3n) is 4.28. The van der Waals surface area contributed by atoms with E-state index in [1.165, 1.54) is 9.87 Å². The van der Waals surface area contributed by atoms with Crippen LogP contribution in [0.2, 0.25) is 0 Å². The zero-order valence-electron chi connectivity index (χ0n) is 14.0. The van der Waals surface area contributed by atoms with Gasteiger partial charge in [-0.05, 0) is 69.5 Å². The van der Waals surface area contributed by atoms with Gasteiger partial charge in [0, 0.05) is 20.1 Å². The molecule has 0 radical (unpaired) electrons. The van der Waals surface area contributed by atoms with Crippen molar-refractivity contribution in [1.29, 1.82) is 0 Å². The van der Waals surface area contributed by atoms with E-state index in [2.05, 4.69) is 5.32 Å². The third-order valence-corrected chi connectivity index (χ3v) is 6.41. The lowest BCUT2D eigenvalue weighted by molar-refractivity contribution is 0.465. The average molecular weight is 335 g/mol. The van der Waals surface area contributed by atoms with Gasteiger partial charge in [0.15, 0.2) is 0 Å². The van der Waals surface area contributed by atoms with E-state index >= 15 is 0 Å². The van der Waals surface area contributed by atoms with Gasteiger partial charge in [0.25, 0.3) is 0 Å². The monoisotopic (exact) mass is 334 g/mol. The van der Waals surface area contributed by atoms with Gasteiger partial charge in [0.05, 0.1) is 4.90 Å². The number of nitrogens with one attached hydrogen (secondary N) is 1. The molecule has 1 N–H and O–H groups in total. The maximum atomic E-state index is 12.8. The molecular formula is C15H27ClN2O2S. The van der Waals surface area contributed by atoms with Crippen molar-refractivity contribution in [3.8, 4) is 0 Å². The SMILES string of the molecule is CNCCN(C)S(=O)(=O)c1c(C)c(C)c(C)c(C)c1C.Cl. The molecule has 122 valence electrons. The minimum Gasteiger partial charge on any atom is -0.318 e. The highest BCUT2D eigenvalue weighted by Gasteiger charge is 2.27. The fourth-order valence-corrected chi connectivity index (χ4v) is 4.12. The summed E-state index contributed by atoms with van der Waals surface area (Å²) in [5.74, 6) is 0. The van der Waals surface area contributed by atoms with Gasteiger partial charge in [-0.1, -0.05) is 0 Å². The van der Waals surface area contributed by atoms with Gasteiger partial charge in [0.2, 0.25) is 10.0 Å². The van der Waals surface area contributed by atoms with Crippen LogP contribution in [0.1, 0.15) is 27.8 Å². The molecule has 0 amide bonds. The molecule has 0 aliphatic heterocycles. The first-order valence-electron chi connectivity index (χ1n) is 6.84. The van der Waals surface area contributed by atoms with E-state index in [0.717, 1.165) is 22.3 Å². The van der Waals surface area contributed by atoms with Crippen molar-refractivity contribution in [2.24, 2.45) is 0 Å². The zero-order chi connectivity index (χ0) is 15.7. The molecule has 21 heavy (non-hydrogen) atoms. The Labute approximate surface area is 135 Å². The van der Waals surface area contributed by atoms with Crippen LogP contribution in [-0.2, 0) is 10.0 Å². The number of sulfonamides is 1. The fourth-order valence-electron chi connectivity index (χ4n) is 2.40. The summed E-state index contributed by atoms with van der Waals surface area (Å²) in [5.41, 5.74) is 5.03. The fraction of sp³-hybridized carbons (Fsp3) is 0.600. The van der Waals surface area contributed by atoms with Gasteiger partial charge in [-0.25, -0.2) is 8.42 Å². The van der Waals surface area contributed by atoms with E-state index in [0.29, 0.717) is 18.0 Å². The first-order chi connectivity index (χ1) is 9.16. The van der Waals surface area contributed by atoms with E-state index in [9.17, 15) is 8.42 Å². The molecule has 0 heterocycles. The second-order valence-corrected chi connectivity index (χ2v) is 7.37. The average Bonchev–Trinajstić information content (AvgIpc) is 2.40. The number of rotatable bonds is 5. The molecule has 6 heteroatoms. The molecule has 1 rings (SSSR count). The summed E-state index contributed by atoms with van der Waals surface area (Å²) in [6, 6.07) is 0. The maximum Gasteiger partial charge on any atom is 0.243 e. The second-order valence-electron chi connectivity index (χ2n) is 5.38. The first-order valence-corrected chi connectivity index (χ1v) is 8.28. The minimum absolute atomic E-state index is 0. The number of benzene rings is 1. The lowest BCUT2D eigenvalue weighted by Crippen LogP contribution is -2.34. The quantitative estimate of drug-likeness (QED) is 0.900. The summed E-state index contributed by atoms with van der Waals surface area (Å²) in [5, 5.41) is 2.98. The summed E-state index contributed by atoms with van der Waals surface area (Å²) in [7, 11) is 0.0106. The van der Waals surface area contributed by atoms with Gasteiger partial charge < -0.3 is 5.32 Å². The Morgan fingerprint density at radius 2 is 1.29 bits per heavy atom. The molecule has 0 atom stereocenters. The van der Waals surface area contributed by atoms with Crippen LogP contribution in [0, 0.1) is 34.6 Å². The molecule has 0 saturated carbocycles. The van der Waals surface area contributed by atoms with Crippen LogP contribution in [0.4, 0.5) is 0 Å². The van der Waals surface area contributed by atoms with Crippen molar-refractivity contribution in [3.63, 3.8) is 0 Å². The Hall–Kier alpha value is -0.620. The van der Waals surface area contributed by atoms with E-state index in [4.69, 9.17) is 0 Å². The van der Waals surface area contributed by atoms with Crippen LogP contribution in [0.3, 0.4) is 0 Å². The number of likely N-dealkylation sites (N-methyl/N-ethyl adjacent to an activating group) is 2. The van der Waals surface area contributed by atoms with Crippen molar-refractivity contribution in [3.05, 3.63) is 27.8 Å². The molecule has 0 aliphatic carbocycles. The third kappa shape index (κ3) is 3.77. The zero-order valence-corrected chi connectivity index (χ0v) is 15.6. The van der Waals surface area contributed by atoms with Crippen LogP contribution in [0.25, 0.3) is 0 Å². The summed E-state index contributed by atoms with van der Waals surface area (Å²) in [6.07, 6.45) is 0. The molecule has 0 aromatic heterocycles. The normalized spacial score (nSPS) is 11.6. The van der Waals surface area contributed by atoms with Crippen molar-refractivity contribution in [2.45, 2.75) is 39.5 Å². The Bertz CT molecular complexity index is 584.